The van der Waals surface area contributed by atoms with Gasteiger partial charge in [0.05, 0.1) is 5.56 Å². The van der Waals surface area contributed by atoms with Gasteiger partial charge >= 0.3 is 6.18 Å². The molecule has 0 radical (unpaired) electrons. The second-order valence-electron chi connectivity index (χ2n) is 4.90. The van der Waals surface area contributed by atoms with E-state index in [0.717, 1.165) is 17.2 Å². The van der Waals surface area contributed by atoms with E-state index in [1.54, 1.807) is 26.0 Å². The average molecular weight is 296 g/mol. The summed E-state index contributed by atoms with van der Waals surface area (Å²) in [5.74, 6) is -1.95. The van der Waals surface area contributed by atoms with E-state index in [9.17, 15) is 22.4 Å². The number of aryl methyl sites for hydroxylation is 2. The molecule has 0 aromatic heterocycles. The summed E-state index contributed by atoms with van der Waals surface area (Å²) in [5, 5.41) is 0. The molecular formula is C16H12F4O. The number of hydrogen-bond acceptors (Lipinski definition) is 1. The van der Waals surface area contributed by atoms with Crippen molar-refractivity contribution in [2.75, 3.05) is 0 Å². The molecule has 2 rings (SSSR count). The SMILES string of the molecule is Cc1cc(C)cc(C(=O)c2ccc(C(F)(F)F)c(F)c2)c1. The predicted molar refractivity (Wildman–Crippen MR) is 70.8 cm³/mol. The van der Waals surface area contributed by atoms with Gasteiger partial charge in [0.15, 0.2) is 5.78 Å². The number of carbonyl (C=O) groups is 1. The van der Waals surface area contributed by atoms with Crippen LogP contribution in [0.2, 0.25) is 0 Å². The van der Waals surface area contributed by atoms with Crippen molar-refractivity contribution in [3.05, 3.63) is 70.0 Å². The largest absolute Gasteiger partial charge is 0.419 e. The van der Waals surface area contributed by atoms with Crippen LogP contribution in [0.4, 0.5) is 17.6 Å². The van der Waals surface area contributed by atoms with Crippen LogP contribution < -0.4 is 0 Å². The van der Waals surface area contributed by atoms with Crippen LogP contribution in [0.25, 0.3) is 0 Å². The first-order valence-corrected chi connectivity index (χ1v) is 6.18. The fraction of sp³-hybridized carbons (Fsp3) is 0.188. The molecule has 0 saturated carbocycles. The van der Waals surface area contributed by atoms with E-state index >= 15 is 0 Å². The molecule has 0 fully saturated rings. The van der Waals surface area contributed by atoms with Crippen molar-refractivity contribution < 1.29 is 22.4 Å². The molecule has 0 amide bonds. The highest BCUT2D eigenvalue weighted by Crippen LogP contribution is 2.31. The van der Waals surface area contributed by atoms with Crippen LogP contribution in [0, 0.1) is 19.7 Å². The molecule has 5 heteroatoms. The van der Waals surface area contributed by atoms with Crippen molar-refractivity contribution >= 4 is 5.78 Å². The van der Waals surface area contributed by atoms with Crippen molar-refractivity contribution in [1.82, 2.24) is 0 Å². The molecule has 2 aromatic carbocycles. The molecule has 110 valence electrons. The summed E-state index contributed by atoms with van der Waals surface area (Å²) >= 11 is 0. The van der Waals surface area contributed by atoms with Crippen molar-refractivity contribution in [1.29, 1.82) is 0 Å². The number of ketones is 1. The van der Waals surface area contributed by atoms with Gasteiger partial charge in [-0.1, -0.05) is 23.3 Å². The maximum Gasteiger partial charge on any atom is 0.419 e. The van der Waals surface area contributed by atoms with E-state index in [1.807, 2.05) is 6.07 Å². The van der Waals surface area contributed by atoms with Gasteiger partial charge in [0.1, 0.15) is 5.82 Å². The van der Waals surface area contributed by atoms with Crippen LogP contribution >= 0.6 is 0 Å². The quantitative estimate of drug-likeness (QED) is 0.580. The Morgan fingerprint density at radius 2 is 1.48 bits per heavy atom. The van der Waals surface area contributed by atoms with Gasteiger partial charge in [-0.25, -0.2) is 4.39 Å². The van der Waals surface area contributed by atoms with Crippen LogP contribution in [0.15, 0.2) is 36.4 Å². The molecule has 0 aliphatic rings. The third-order valence-corrected chi connectivity index (χ3v) is 3.02. The summed E-state index contributed by atoms with van der Waals surface area (Å²) in [4.78, 5) is 12.2. The van der Waals surface area contributed by atoms with Gasteiger partial charge in [-0.2, -0.15) is 13.2 Å². The molecule has 0 unspecified atom stereocenters. The maximum absolute atomic E-state index is 13.5. The third kappa shape index (κ3) is 3.29. The lowest BCUT2D eigenvalue weighted by atomic mass is 9.98. The van der Waals surface area contributed by atoms with Crippen molar-refractivity contribution in [2.45, 2.75) is 20.0 Å². The Morgan fingerprint density at radius 3 is 1.95 bits per heavy atom. The zero-order chi connectivity index (χ0) is 15.8. The number of halogens is 4. The summed E-state index contributed by atoms with van der Waals surface area (Å²) in [6.07, 6.45) is -4.77. The van der Waals surface area contributed by atoms with E-state index < -0.39 is 23.3 Å². The highest BCUT2D eigenvalue weighted by Gasteiger charge is 2.34. The van der Waals surface area contributed by atoms with E-state index in [4.69, 9.17) is 0 Å². The molecule has 0 spiro atoms. The molecule has 0 atom stereocenters. The van der Waals surface area contributed by atoms with Gasteiger partial charge in [-0.05, 0) is 38.1 Å². The van der Waals surface area contributed by atoms with Crippen LogP contribution in [0.1, 0.15) is 32.6 Å². The van der Waals surface area contributed by atoms with Crippen LogP contribution in [-0.2, 0) is 6.18 Å². The first kappa shape index (κ1) is 15.2. The van der Waals surface area contributed by atoms with Crippen LogP contribution in [0.3, 0.4) is 0 Å². The Balaban J connectivity index is 2.43. The first-order valence-electron chi connectivity index (χ1n) is 6.18. The molecule has 21 heavy (non-hydrogen) atoms. The fourth-order valence-electron chi connectivity index (χ4n) is 2.16. The predicted octanol–water partition coefficient (Wildman–Crippen LogP) is 4.69. The van der Waals surface area contributed by atoms with Gasteiger partial charge in [-0.3, -0.25) is 4.79 Å². The zero-order valence-corrected chi connectivity index (χ0v) is 11.4. The molecule has 0 bridgehead atoms. The van der Waals surface area contributed by atoms with Crippen molar-refractivity contribution in [3.63, 3.8) is 0 Å². The topological polar surface area (TPSA) is 17.1 Å². The third-order valence-electron chi connectivity index (χ3n) is 3.02. The van der Waals surface area contributed by atoms with E-state index in [2.05, 4.69) is 0 Å². The number of rotatable bonds is 2. The Bertz CT molecular complexity index is 682. The second-order valence-corrected chi connectivity index (χ2v) is 4.90. The Hall–Kier alpha value is -2.17. The number of benzene rings is 2. The lowest BCUT2D eigenvalue weighted by molar-refractivity contribution is -0.140. The van der Waals surface area contributed by atoms with Crippen molar-refractivity contribution in [3.8, 4) is 0 Å². The Morgan fingerprint density at radius 1 is 0.905 bits per heavy atom. The second kappa shape index (κ2) is 5.31. The molecular weight excluding hydrogens is 284 g/mol. The summed E-state index contributed by atoms with van der Waals surface area (Å²) in [5.41, 5.74) is 0.549. The first-order chi connectivity index (χ1) is 9.68. The number of alkyl halides is 3. The number of carbonyl (C=O) groups excluding carboxylic acids is 1. The Labute approximate surface area is 119 Å². The van der Waals surface area contributed by atoms with Gasteiger partial charge in [0, 0.05) is 11.1 Å². The van der Waals surface area contributed by atoms with Crippen LogP contribution in [0.5, 0.6) is 0 Å². The molecule has 2 aromatic rings. The maximum atomic E-state index is 13.5. The molecule has 0 N–H and O–H groups in total. The molecule has 0 aliphatic heterocycles. The van der Waals surface area contributed by atoms with Crippen LogP contribution in [-0.4, -0.2) is 5.78 Å². The van der Waals surface area contributed by atoms with E-state index in [-0.39, 0.29) is 5.56 Å². The Kier molecular flexibility index (Phi) is 3.85. The monoisotopic (exact) mass is 296 g/mol. The highest BCUT2D eigenvalue weighted by atomic mass is 19.4. The van der Waals surface area contributed by atoms with Crippen molar-refractivity contribution in [2.24, 2.45) is 0 Å². The standard InChI is InChI=1S/C16H12F4O/c1-9-5-10(2)7-12(6-9)15(21)11-3-4-13(14(17)8-11)16(18,19)20/h3-8H,1-2H3. The number of hydrogen-bond donors (Lipinski definition) is 0. The molecule has 0 aliphatic carbocycles. The minimum atomic E-state index is -4.77. The fourth-order valence-corrected chi connectivity index (χ4v) is 2.16. The zero-order valence-electron chi connectivity index (χ0n) is 11.4. The molecule has 0 saturated heterocycles. The minimum Gasteiger partial charge on any atom is -0.289 e. The molecule has 0 heterocycles. The highest BCUT2D eigenvalue weighted by molar-refractivity contribution is 6.09. The smallest absolute Gasteiger partial charge is 0.289 e. The minimum absolute atomic E-state index is 0.106. The van der Waals surface area contributed by atoms with E-state index in [0.29, 0.717) is 17.7 Å². The van der Waals surface area contributed by atoms with Gasteiger partial charge in [0.25, 0.3) is 0 Å². The normalized spacial score (nSPS) is 11.5. The van der Waals surface area contributed by atoms with Gasteiger partial charge in [-0.15, -0.1) is 0 Å². The summed E-state index contributed by atoms with van der Waals surface area (Å²) < 4.78 is 51.0. The molecule has 1 nitrogen and oxygen atoms in total. The van der Waals surface area contributed by atoms with Gasteiger partial charge in [0.2, 0.25) is 0 Å². The van der Waals surface area contributed by atoms with E-state index in [1.165, 1.54) is 0 Å². The lowest BCUT2D eigenvalue weighted by Crippen LogP contribution is -2.10. The van der Waals surface area contributed by atoms with Gasteiger partial charge < -0.3 is 0 Å². The lowest BCUT2D eigenvalue weighted by Gasteiger charge is -2.09. The summed E-state index contributed by atoms with van der Waals surface area (Å²) in [7, 11) is 0. The summed E-state index contributed by atoms with van der Waals surface area (Å²) in [6.45, 7) is 3.61. The summed E-state index contributed by atoms with van der Waals surface area (Å²) in [6, 6.07) is 7.31. The average Bonchev–Trinajstić information content (AvgIpc) is 2.35.